The third kappa shape index (κ3) is 4.56. The molecule has 7 heteroatoms. The minimum atomic E-state index is -1.15. The summed E-state index contributed by atoms with van der Waals surface area (Å²) in [5, 5.41) is 12.5. The lowest BCUT2D eigenvalue weighted by molar-refractivity contribution is 0.222. The quantitative estimate of drug-likeness (QED) is 0.374. The zero-order valence-electron chi connectivity index (χ0n) is 20.5. The lowest BCUT2D eigenvalue weighted by Crippen LogP contribution is -2.39. The summed E-state index contributed by atoms with van der Waals surface area (Å²) in [6, 6.07) is 14.8. The number of aryl methyl sites for hydroxylation is 1. The Morgan fingerprint density at radius 3 is 2.40 bits per heavy atom. The summed E-state index contributed by atoms with van der Waals surface area (Å²) in [5.74, 6) is 0.200. The van der Waals surface area contributed by atoms with E-state index >= 15 is 0 Å². The van der Waals surface area contributed by atoms with Crippen LogP contribution in [-0.4, -0.2) is 19.2 Å². The summed E-state index contributed by atoms with van der Waals surface area (Å²) < 4.78 is 2.71. The minimum Gasteiger partial charge on any atom is -0.384 e. The van der Waals surface area contributed by atoms with Crippen LogP contribution in [0.4, 0.5) is 0 Å². The predicted octanol–water partition coefficient (Wildman–Crippen LogP) is 5.42. The second kappa shape index (κ2) is 10.2. The van der Waals surface area contributed by atoms with E-state index in [4.69, 9.17) is 16.6 Å². The molecule has 1 N–H and O–H groups in total. The van der Waals surface area contributed by atoms with Gasteiger partial charge in [-0.05, 0) is 35.6 Å². The summed E-state index contributed by atoms with van der Waals surface area (Å²) >= 11 is 6.09. The third-order valence-corrected chi connectivity index (χ3v) is 6.72. The summed E-state index contributed by atoms with van der Waals surface area (Å²) in [4.78, 5) is 31.6. The van der Waals surface area contributed by atoms with E-state index in [1.807, 2.05) is 31.2 Å². The van der Waals surface area contributed by atoms with Crippen LogP contribution < -0.4 is 11.2 Å². The number of aromatic nitrogens is 3. The van der Waals surface area contributed by atoms with E-state index in [2.05, 4.69) is 13.8 Å². The number of hydrogen-bond acceptors (Lipinski definition) is 4. The maximum absolute atomic E-state index is 13.8. The van der Waals surface area contributed by atoms with Crippen LogP contribution in [-0.2, 0) is 13.6 Å². The molecule has 0 amide bonds. The summed E-state index contributed by atoms with van der Waals surface area (Å²) in [6.07, 6.45) is 1.96. The highest BCUT2D eigenvalue weighted by molar-refractivity contribution is 6.30. The second-order valence-electron chi connectivity index (χ2n) is 9.13. The van der Waals surface area contributed by atoms with Crippen LogP contribution in [0.1, 0.15) is 62.3 Å². The van der Waals surface area contributed by atoms with Crippen LogP contribution in [0.3, 0.4) is 0 Å². The summed E-state index contributed by atoms with van der Waals surface area (Å²) in [6.45, 7) is 6.51. The predicted molar refractivity (Wildman–Crippen MR) is 141 cm³/mol. The molecule has 0 bridgehead atoms. The first-order valence-electron chi connectivity index (χ1n) is 11.9. The van der Waals surface area contributed by atoms with Crippen LogP contribution in [0.15, 0.2) is 64.3 Å². The van der Waals surface area contributed by atoms with Gasteiger partial charge in [0.25, 0.3) is 5.56 Å². The van der Waals surface area contributed by atoms with Crippen molar-refractivity contribution in [1.82, 2.24) is 14.1 Å². The summed E-state index contributed by atoms with van der Waals surface area (Å²) in [7, 11) is 1.63. The van der Waals surface area contributed by atoms with Crippen LogP contribution in [0.5, 0.6) is 0 Å². The van der Waals surface area contributed by atoms with Crippen LogP contribution in [0.25, 0.3) is 22.2 Å². The van der Waals surface area contributed by atoms with Gasteiger partial charge in [0.15, 0.2) is 0 Å². The number of nitrogens with zero attached hydrogens (tertiary/aromatic N) is 3. The van der Waals surface area contributed by atoms with Gasteiger partial charge in [0.1, 0.15) is 6.10 Å². The molecule has 0 spiro atoms. The molecule has 0 aliphatic heterocycles. The van der Waals surface area contributed by atoms with Gasteiger partial charge in [-0.15, -0.1) is 0 Å². The van der Waals surface area contributed by atoms with Crippen molar-refractivity contribution in [3.63, 3.8) is 0 Å². The molecule has 0 aliphatic rings. The third-order valence-electron chi connectivity index (χ3n) is 6.47. The highest BCUT2D eigenvalue weighted by atomic mass is 35.5. The smallest absolute Gasteiger partial charge is 0.331 e. The summed E-state index contributed by atoms with van der Waals surface area (Å²) in [5.41, 5.74) is 3.00. The van der Waals surface area contributed by atoms with Gasteiger partial charge in [-0.3, -0.25) is 18.9 Å². The van der Waals surface area contributed by atoms with Crippen molar-refractivity contribution in [2.75, 3.05) is 0 Å². The lowest BCUT2D eigenvalue weighted by atomic mass is 9.89. The average Bonchev–Trinajstić information content (AvgIpc) is 2.86. The normalized spacial score (nSPS) is 12.4. The lowest BCUT2D eigenvalue weighted by Gasteiger charge is -2.22. The molecule has 1 atom stereocenters. The first-order chi connectivity index (χ1) is 16.8. The molecule has 6 nitrogen and oxygen atoms in total. The van der Waals surface area contributed by atoms with Crippen molar-refractivity contribution in [3.05, 3.63) is 97.3 Å². The first kappa shape index (κ1) is 24.9. The van der Waals surface area contributed by atoms with Crippen molar-refractivity contribution in [1.29, 1.82) is 0 Å². The molecule has 182 valence electrons. The van der Waals surface area contributed by atoms with Crippen LogP contribution in [0, 0.1) is 0 Å². The highest BCUT2D eigenvalue weighted by Gasteiger charge is 2.26. The number of halogens is 1. The number of rotatable bonds is 7. The maximum Gasteiger partial charge on any atom is 0.331 e. The monoisotopic (exact) mass is 491 g/mol. The number of pyridine rings is 1. The van der Waals surface area contributed by atoms with Crippen molar-refractivity contribution < 1.29 is 5.11 Å². The molecule has 1 unspecified atom stereocenters. The fourth-order valence-electron chi connectivity index (χ4n) is 4.52. The van der Waals surface area contributed by atoms with E-state index < -0.39 is 11.7 Å². The Kier molecular flexibility index (Phi) is 7.24. The Labute approximate surface area is 209 Å². The molecule has 4 aromatic rings. The Balaban J connectivity index is 2.15. The molecule has 2 heterocycles. The number of benzene rings is 2. The number of aliphatic hydroxyl groups is 1. The Hall–Kier alpha value is -3.22. The molecule has 2 aromatic heterocycles. The molecule has 0 radical (unpaired) electrons. The number of fused-ring (bicyclic) bond motifs is 1. The van der Waals surface area contributed by atoms with Crippen molar-refractivity contribution >= 4 is 22.5 Å². The largest absolute Gasteiger partial charge is 0.384 e. The van der Waals surface area contributed by atoms with Gasteiger partial charge in [-0.25, -0.2) is 4.79 Å². The Morgan fingerprint density at radius 1 is 1.06 bits per heavy atom. The van der Waals surface area contributed by atoms with E-state index in [0.29, 0.717) is 45.7 Å². The fourth-order valence-corrected chi connectivity index (χ4v) is 4.65. The van der Waals surface area contributed by atoms with E-state index in [-0.39, 0.29) is 11.6 Å². The zero-order valence-corrected chi connectivity index (χ0v) is 21.2. The topological polar surface area (TPSA) is 77.1 Å². The van der Waals surface area contributed by atoms with E-state index in [1.165, 1.54) is 9.13 Å². The van der Waals surface area contributed by atoms with E-state index in [1.54, 1.807) is 37.5 Å². The zero-order chi connectivity index (χ0) is 25.3. The second-order valence-corrected chi connectivity index (χ2v) is 9.57. The van der Waals surface area contributed by atoms with Gasteiger partial charge < -0.3 is 5.11 Å². The van der Waals surface area contributed by atoms with Gasteiger partial charge in [0, 0.05) is 29.7 Å². The number of aliphatic hydroxyl groups excluding tert-OH is 1. The van der Waals surface area contributed by atoms with Crippen molar-refractivity contribution in [3.8, 4) is 11.3 Å². The van der Waals surface area contributed by atoms with Crippen molar-refractivity contribution in [2.45, 2.75) is 52.2 Å². The Bertz CT molecular complexity index is 1490. The minimum absolute atomic E-state index is 0.200. The average molecular weight is 492 g/mol. The first-order valence-corrected chi connectivity index (χ1v) is 12.3. The Morgan fingerprint density at radius 2 is 1.74 bits per heavy atom. The van der Waals surface area contributed by atoms with Gasteiger partial charge >= 0.3 is 5.69 Å². The van der Waals surface area contributed by atoms with Crippen LogP contribution >= 0.6 is 11.6 Å². The maximum atomic E-state index is 13.8. The molecule has 0 fully saturated rings. The molecular formula is C28H30ClN3O3. The molecule has 0 saturated heterocycles. The standard InChI is InChI=1S/C28H30ClN3O3/c1-5-6-15-32-27(34)23-22(31(4)28(32)35)16-30-25(21-10-8-7-9-20(21)17(2)3)24(23)26(33)18-11-13-19(29)14-12-18/h7-14,16-17,26,33H,5-6,15H2,1-4H3. The van der Waals surface area contributed by atoms with Crippen molar-refractivity contribution in [2.24, 2.45) is 7.05 Å². The molecule has 35 heavy (non-hydrogen) atoms. The van der Waals surface area contributed by atoms with Gasteiger partial charge in [-0.2, -0.15) is 0 Å². The highest BCUT2D eigenvalue weighted by Crippen LogP contribution is 2.37. The molecule has 4 rings (SSSR count). The number of hydrogen-bond donors (Lipinski definition) is 1. The SMILES string of the molecule is CCCCn1c(=O)c2c(C(O)c3ccc(Cl)cc3)c(-c3ccccc3C(C)C)ncc2n(C)c1=O. The van der Waals surface area contributed by atoms with Gasteiger partial charge in [0.2, 0.25) is 0 Å². The van der Waals surface area contributed by atoms with Gasteiger partial charge in [-0.1, -0.05) is 75.2 Å². The fraction of sp³-hybridized carbons (Fsp3) is 0.321. The van der Waals surface area contributed by atoms with Gasteiger partial charge in [0.05, 0.1) is 22.8 Å². The van der Waals surface area contributed by atoms with E-state index in [9.17, 15) is 14.7 Å². The van der Waals surface area contributed by atoms with Crippen LogP contribution in [0.2, 0.25) is 5.02 Å². The molecule has 0 saturated carbocycles. The van der Waals surface area contributed by atoms with E-state index in [0.717, 1.165) is 17.5 Å². The molecule has 0 aliphatic carbocycles. The molecule has 2 aromatic carbocycles. The number of unbranched alkanes of at least 4 members (excludes halogenated alkanes) is 1. The molecular weight excluding hydrogens is 462 g/mol.